The van der Waals surface area contributed by atoms with E-state index in [-0.39, 0.29) is 18.2 Å². The zero-order valence-corrected chi connectivity index (χ0v) is 16.1. The molecule has 144 valence electrons. The van der Waals surface area contributed by atoms with E-state index in [9.17, 15) is 9.59 Å². The first-order valence-electron chi connectivity index (χ1n) is 8.50. The van der Waals surface area contributed by atoms with Gasteiger partial charge in [-0.3, -0.25) is 9.59 Å². The van der Waals surface area contributed by atoms with Gasteiger partial charge in [-0.1, -0.05) is 29.8 Å². The van der Waals surface area contributed by atoms with E-state index in [0.717, 1.165) is 11.1 Å². The molecule has 2 rings (SSSR count). The highest BCUT2D eigenvalue weighted by Gasteiger charge is 2.10. The number of hydrogen-bond donors (Lipinski definition) is 2. The quantitative estimate of drug-likeness (QED) is 0.645. The Kier molecular flexibility index (Phi) is 7.95. The first-order valence-corrected chi connectivity index (χ1v) is 8.88. The molecular weight excluding hydrogens is 368 g/mol. The molecule has 0 unspecified atom stereocenters. The summed E-state index contributed by atoms with van der Waals surface area (Å²) in [6, 6.07) is 12.8. The molecular formula is C20H23ClN2O4. The second-order valence-corrected chi connectivity index (χ2v) is 6.31. The average Bonchev–Trinajstić information content (AvgIpc) is 2.67. The first-order chi connectivity index (χ1) is 13.0. The van der Waals surface area contributed by atoms with E-state index in [1.54, 1.807) is 38.5 Å². The van der Waals surface area contributed by atoms with Gasteiger partial charge in [-0.05, 0) is 41.8 Å². The lowest BCUT2D eigenvalue weighted by atomic mass is 10.1. The molecule has 0 heterocycles. The summed E-state index contributed by atoms with van der Waals surface area (Å²) in [6.07, 6.45) is 0.462. The maximum atomic E-state index is 11.9. The van der Waals surface area contributed by atoms with Crippen molar-refractivity contribution in [3.8, 4) is 11.5 Å². The van der Waals surface area contributed by atoms with Crippen LogP contribution in [0.4, 0.5) is 0 Å². The summed E-state index contributed by atoms with van der Waals surface area (Å²) in [5, 5.41) is 6.14. The molecule has 0 saturated heterocycles. The fourth-order valence-electron chi connectivity index (χ4n) is 2.46. The lowest BCUT2D eigenvalue weighted by Gasteiger charge is -2.10. The molecule has 2 aromatic carbocycles. The van der Waals surface area contributed by atoms with Crippen molar-refractivity contribution in [2.75, 3.05) is 20.8 Å². The van der Waals surface area contributed by atoms with Gasteiger partial charge in [0, 0.05) is 18.1 Å². The van der Waals surface area contributed by atoms with Crippen LogP contribution in [0, 0.1) is 0 Å². The third-order valence-electron chi connectivity index (χ3n) is 3.91. The molecule has 2 N–H and O–H groups in total. The predicted octanol–water partition coefficient (Wildman–Crippen LogP) is 2.72. The standard InChI is InChI=1S/C20H23ClN2O4/c1-26-17-8-5-15(11-18(17)27-2)13-23-20(25)12-19(24)22-10-9-14-3-6-16(21)7-4-14/h3-8,11H,9-10,12-13H2,1-2H3,(H,22,24)(H,23,25). The van der Waals surface area contributed by atoms with E-state index >= 15 is 0 Å². The number of carbonyl (C=O) groups excluding carboxylic acids is 2. The third kappa shape index (κ3) is 6.83. The van der Waals surface area contributed by atoms with Gasteiger partial charge in [0.05, 0.1) is 14.2 Å². The minimum absolute atomic E-state index is 0.214. The number of carbonyl (C=O) groups is 2. The van der Waals surface area contributed by atoms with Crippen molar-refractivity contribution < 1.29 is 19.1 Å². The third-order valence-corrected chi connectivity index (χ3v) is 4.16. The molecule has 0 bridgehead atoms. The lowest BCUT2D eigenvalue weighted by Crippen LogP contribution is -2.32. The minimum atomic E-state index is -0.339. The fourth-order valence-corrected chi connectivity index (χ4v) is 2.59. The molecule has 6 nitrogen and oxygen atoms in total. The molecule has 7 heteroatoms. The largest absolute Gasteiger partial charge is 0.493 e. The van der Waals surface area contributed by atoms with Crippen molar-refractivity contribution in [3.63, 3.8) is 0 Å². The van der Waals surface area contributed by atoms with Crippen LogP contribution in [0.5, 0.6) is 11.5 Å². The molecule has 0 atom stereocenters. The summed E-state index contributed by atoms with van der Waals surface area (Å²) < 4.78 is 10.4. The summed E-state index contributed by atoms with van der Waals surface area (Å²) >= 11 is 5.83. The highest BCUT2D eigenvalue weighted by Crippen LogP contribution is 2.27. The SMILES string of the molecule is COc1ccc(CNC(=O)CC(=O)NCCc2ccc(Cl)cc2)cc1OC. The van der Waals surface area contributed by atoms with Crippen LogP contribution in [-0.2, 0) is 22.6 Å². The van der Waals surface area contributed by atoms with Crippen molar-refractivity contribution in [3.05, 3.63) is 58.6 Å². The number of hydrogen-bond acceptors (Lipinski definition) is 4. The van der Waals surface area contributed by atoms with Crippen LogP contribution in [0.15, 0.2) is 42.5 Å². The molecule has 0 aliphatic carbocycles. The number of nitrogens with one attached hydrogen (secondary N) is 2. The Morgan fingerprint density at radius 1 is 0.889 bits per heavy atom. The molecule has 2 amide bonds. The van der Waals surface area contributed by atoms with Crippen molar-refractivity contribution in [2.45, 2.75) is 19.4 Å². The van der Waals surface area contributed by atoms with E-state index in [4.69, 9.17) is 21.1 Å². The molecule has 0 aliphatic heterocycles. The summed E-state index contributed by atoms with van der Waals surface area (Å²) in [4.78, 5) is 23.8. The van der Waals surface area contributed by atoms with Gasteiger partial charge in [0.1, 0.15) is 6.42 Å². The van der Waals surface area contributed by atoms with Crippen molar-refractivity contribution in [1.82, 2.24) is 10.6 Å². The molecule has 2 aromatic rings. The maximum Gasteiger partial charge on any atom is 0.229 e. The van der Waals surface area contributed by atoms with Gasteiger partial charge in [0.25, 0.3) is 0 Å². The predicted molar refractivity (Wildman–Crippen MR) is 104 cm³/mol. The van der Waals surface area contributed by atoms with Crippen LogP contribution < -0.4 is 20.1 Å². The summed E-state index contributed by atoms with van der Waals surface area (Å²) in [7, 11) is 3.11. The Morgan fingerprint density at radius 3 is 2.19 bits per heavy atom. The number of rotatable bonds is 9. The van der Waals surface area contributed by atoms with Crippen molar-refractivity contribution in [1.29, 1.82) is 0 Å². The lowest BCUT2D eigenvalue weighted by molar-refractivity contribution is -0.129. The van der Waals surface area contributed by atoms with Crippen LogP contribution in [0.1, 0.15) is 17.5 Å². The summed E-state index contributed by atoms with van der Waals surface area (Å²) in [6.45, 7) is 0.765. The smallest absolute Gasteiger partial charge is 0.229 e. The van der Waals surface area contributed by atoms with E-state index < -0.39 is 0 Å². The van der Waals surface area contributed by atoms with Gasteiger partial charge in [-0.25, -0.2) is 0 Å². The molecule has 0 aliphatic rings. The van der Waals surface area contributed by atoms with E-state index in [2.05, 4.69) is 10.6 Å². The van der Waals surface area contributed by atoms with E-state index in [1.165, 1.54) is 0 Å². The van der Waals surface area contributed by atoms with Crippen LogP contribution in [0.25, 0.3) is 0 Å². The molecule has 0 radical (unpaired) electrons. The van der Waals surface area contributed by atoms with Crippen LogP contribution >= 0.6 is 11.6 Å². The van der Waals surface area contributed by atoms with Crippen LogP contribution in [0.2, 0.25) is 5.02 Å². The monoisotopic (exact) mass is 390 g/mol. The fraction of sp³-hybridized carbons (Fsp3) is 0.300. The second-order valence-electron chi connectivity index (χ2n) is 5.87. The van der Waals surface area contributed by atoms with Gasteiger partial charge in [0.15, 0.2) is 11.5 Å². The maximum absolute atomic E-state index is 11.9. The topological polar surface area (TPSA) is 76.7 Å². The van der Waals surface area contributed by atoms with Crippen molar-refractivity contribution in [2.24, 2.45) is 0 Å². The number of ether oxygens (including phenoxy) is 2. The second kappa shape index (κ2) is 10.4. The molecule has 0 aromatic heterocycles. The number of amides is 2. The summed E-state index contributed by atoms with van der Waals surface area (Å²) in [5.74, 6) is 0.555. The average molecular weight is 391 g/mol. The summed E-state index contributed by atoms with van der Waals surface area (Å²) in [5.41, 5.74) is 1.92. The first kappa shape index (κ1) is 20.6. The molecule has 0 saturated carbocycles. The normalized spacial score (nSPS) is 10.2. The minimum Gasteiger partial charge on any atom is -0.493 e. The molecule has 27 heavy (non-hydrogen) atoms. The van der Waals surface area contributed by atoms with Gasteiger partial charge in [0.2, 0.25) is 11.8 Å². The van der Waals surface area contributed by atoms with Gasteiger partial charge in [-0.15, -0.1) is 0 Å². The number of benzene rings is 2. The van der Waals surface area contributed by atoms with Gasteiger partial charge < -0.3 is 20.1 Å². The number of methoxy groups -OCH3 is 2. The van der Waals surface area contributed by atoms with Crippen LogP contribution in [0.3, 0.4) is 0 Å². The zero-order valence-electron chi connectivity index (χ0n) is 15.4. The Morgan fingerprint density at radius 2 is 1.52 bits per heavy atom. The van der Waals surface area contributed by atoms with Crippen molar-refractivity contribution >= 4 is 23.4 Å². The Labute approximate surface area is 163 Å². The Balaban J connectivity index is 1.71. The Hall–Kier alpha value is -2.73. The van der Waals surface area contributed by atoms with E-state index in [0.29, 0.717) is 36.0 Å². The van der Waals surface area contributed by atoms with Gasteiger partial charge in [-0.2, -0.15) is 0 Å². The molecule has 0 spiro atoms. The highest BCUT2D eigenvalue weighted by molar-refractivity contribution is 6.30. The molecule has 0 fully saturated rings. The number of halogens is 1. The van der Waals surface area contributed by atoms with Crippen LogP contribution in [-0.4, -0.2) is 32.6 Å². The van der Waals surface area contributed by atoms with Gasteiger partial charge >= 0.3 is 0 Å². The highest BCUT2D eigenvalue weighted by atomic mass is 35.5. The van der Waals surface area contributed by atoms with E-state index in [1.807, 2.05) is 18.2 Å². The zero-order chi connectivity index (χ0) is 19.6. The Bertz CT molecular complexity index is 778.